The van der Waals surface area contributed by atoms with Gasteiger partial charge in [0.05, 0.1) is 27.4 Å². The van der Waals surface area contributed by atoms with E-state index in [4.69, 9.17) is 18.9 Å². The summed E-state index contributed by atoms with van der Waals surface area (Å²) in [5.74, 6) is 2.98. The van der Waals surface area contributed by atoms with E-state index in [1.165, 1.54) is 0 Å². The fourth-order valence-electron chi connectivity index (χ4n) is 2.65. The third-order valence-electron chi connectivity index (χ3n) is 4.10. The minimum atomic E-state index is 0.468. The second-order valence-electron chi connectivity index (χ2n) is 6.22. The standard InChI is InChI=1S/C22H31N3O4/c1-5-23-22(24-16-17-10-11-19(27-3)15-21(17)28-4)25-18-8-6-9-20(14-18)29-13-7-12-26-2/h6,8-11,14-15H,5,7,12-13,16H2,1-4H3,(H2,23,24,25). The van der Waals surface area contributed by atoms with Crippen molar-refractivity contribution in [2.24, 2.45) is 4.99 Å². The van der Waals surface area contributed by atoms with Crippen LogP contribution in [-0.4, -0.2) is 47.0 Å². The lowest BCUT2D eigenvalue weighted by Crippen LogP contribution is -2.30. The van der Waals surface area contributed by atoms with Crippen molar-refractivity contribution in [1.29, 1.82) is 0 Å². The van der Waals surface area contributed by atoms with E-state index in [1.54, 1.807) is 21.3 Å². The van der Waals surface area contributed by atoms with Crippen molar-refractivity contribution >= 4 is 11.6 Å². The van der Waals surface area contributed by atoms with Crippen LogP contribution in [0.2, 0.25) is 0 Å². The summed E-state index contributed by atoms with van der Waals surface area (Å²) in [5.41, 5.74) is 1.87. The molecule has 2 N–H and O–H groups in total. The molecule has 2 aromatic rings. The highest BCUT2D eigenvalue weighted by molar-refractivity contribution is 5.93. The fourth-order valence-corrected chi connectivity index (χ4v) is 2.65. The number of nitrogens with zero attached hydrogens (tertiary/aromatic N) is 1. The van der Waals surface area contributed by atoms with Crippen LogP contribution < -0.4 is 24.8 Å². The number of nitrogens with one attached hydrogen (secondary N) is 2. The minimum Gasteiger partial charge on any atom is -0.497 e. The largest absolute Gasteiger partial charge is 0.497 e. The number of hydrogen-bond donors (Lipinski definition) is 2. The van der Waals surface area contributed by atoms with Gasteiger partial charge in [0.1, 0.15) is 17.2 Å². The molecule has 0 aromatic heterocycles. The first-order valence-corrected chi connectivity index (χ1v) is 9.68. The maximum atomic E-state index is 5.76. The minimum absolute atomic E-state index is 0.468. The Kier molecular flexibility index (Phi) is 9.65. The lowest BCUT2D eigenvalue weighted by atomic mass is 10.2. The lowest BCUT2D eigenvalue weighted by Gasteiger charge is -2.14. The molecule has 0 aliphatic heterocycles. The highest BCUT2D eigenvalue weighted by Gasteiger charge is 2.06. The molecule has 0 amide bonds. The van der Waals surface area contributed by atoms with Gasteiger partial charge < -0.3 is 29.6 Å². The van der Waals surface area contributed by atoms with Gasteiger partial charge in [-0.15, -0.1) is 0 Å². The Balaban J connectivity index is 2.06. The summed E-state index contributed by atoms with van der Waals surface area (Å²) in [6, 6.07) is 13.5. The molecule has 2 rings (SSSR count). The third-order valence-corrected chi connectivity index (χ3v) is 4.10. The molecule has 7 nitrogen and oxygen atoms in total. The Labute approximate surface area is 173 Å². The van der Waals surface area contributed by atoms with Gasteiger partial charge in [-0.3, -0.25) is 0 Å². The molecule has 0 radical (unpaired) electrons. The van der Waals surface area contributed by atoms with Gasteiger partial charge in [-0.2, -0.15) is 0 Å². The Bertz CT molecular complexity index is 780. The van der Waals surface area contributed by atoms with Crippen molar-refractivity contribution < 1.29 is 18.9 Å². The van der Waals surface area contributed by atoms with Crippen molar-refractivity contribution in [1.82, 2.24) is 5.32 Å². The van der Waals surface area contributed by atoms with Crippen LogP contribution in [0.1, 0.15) is 18.9 Å². The van der Waals surface area contributed by atoms with Crippen LogP contribution in [-0.2, 0) is 11.3 Å². The van der Waals surface area contributed by atoms with Gasteiger partial charge in [0.15, 0.2) is 5.96 Å². The van der Waals surface area contributed by atoms with E-state index in [0.29, 0.717) is 25.7 Å². The highest BCUT2D eigenvalue weighted by Crippen LogP contribution is 2.25. The number of methoxy groups -OCH3 is 3. The summed E-state index contributed by atoms with van der Waals surface area (Å²) in [6.45, 7) is 4.54. The lowest BCUT2D eigenvalue weighted by molar-refractivity contribution is 0.172. The summed E-state index contributed by atoms with van der Waals surface area (Å²) in [5, 5.41) is 6.58. The van der Waals surface area contributed by atoms with Crippen molar-refractivity contribution in [3.63, 3.8) is 0 Å². The quantitative estimate of drug-likeness (QED) is 0.340. The van der Waals surface area contributed by atoms with E-state index in [9.17, 15) is 0 Å². The zero-order valence-electron chi connectivity index (χ0n) is 17.7. The molecule has 0 aliphatic rings. The zero-order chi connectivity index (χ0) is 20.9. The summed E-state index contributed by atoms with van der Waals surface area (Å²) < 4.78 is 21.5. The van der Waals surface area contributed by atoms with Crippen molar-refractivity contribution in [3.8, 4) is 17.2 Å². The number of rotatable bonds is 11. The molecule has 0 aliphatic carbocycles. The molecular weight excluding hydrogens is 370 g/mol. The molecule has 7 heteroatoms. The number of guanidine groups is 1. The smallest absolute Gasteiger partial charge is 0.196 e. The first-order chi connectivity index (χ1) is 14.2. The summed E-state index contributed by atoms with van der Waals surface area (Å²) in [4.78, 5) is 4.68. The molecule has 0 unspecified atom stereocenters. The van der Waals surface area contributed by atoms with E-state index >= 15 is 0 Å². The molecule has 0 spiro atoms. The highest BCUT2D eigenvalue weighted by atomic mass is 16.5. The molecule has 29 heavy (non-hydrogen) atoms. The number of ether oxygens (including phenoxy) is 4. The number of hydrogen-bond acceptors (Lipinski definition) is 5. The molecule has 158 valence electrons. The molecule has 0 saturated heterocycles. The average Bonchev–Trinajstić information content (AvgIpc) is 2.75. The first kappa shape index (κ1) is 22.4. The zero-order valence-corrected chi connectivity index (χ0v) is 17.7. The molecule has 0 heterocycles. The van der Waals surface area contributed by atoms with Crippen LogP contribution in [0.3, 0.4) is 0 Å². The van der Waals surface area contributed by atoms with Gasteiger partial charge in [0, 0.05) is 50.1 Å². The molecule has 0 saturated carbocycles. The number of anilines is 1. The van der Waals surface area contributed by atoms with Gasteiger partial charge in [-0.1, -0.05) is 6.07 Å². The van der Waals surface area contributed by atoms with E-state index in [2.05, 4.69) is 15.6 Å². The monoisotopic (exact) mass is 401 g/mol. The Morgan fingerprint density at radius 3 is 2.55 bits per heavy atom. The van der Waals surface area contributed by atoms with Crippen LogP contribution in [0.15, 0.2) is 47.5 Å². The summed E-state index contributed by atoms with van der Waals surface area (Å²) in [6.07, 6.45) is 0.849. The second-order valence-corrected chi connectivity index (χ2v) is 6.22. The van der Waals surface area contributed by atoms with Gasteiger partial charge in [0.2, 0.25) is 0 Å². The van der Waals surface area contributed by atoms with Gasteiger partial charge in [-0.25, -0.2) is 4.99 Å². The summed E-state index contributed by atoms with van der Waals surface area (Å²) >= 11 is 0. The topological polar surface area (TPSA) is 73.3 Å². The van der Waals surface area contributed by atoms with Gasteiger partial charge >= 0.3 is 0 Å². The average molecular weight is 402 g/mol. The predicted octanol–water partition coefficient (Wildman–Crippen LogP) is 3.70. The van der Waals surface area contributed by atoms with Crippen LogP contribution in [0.4, 0.5) is 5.69 Å². The fraction of sp³-hybridized carbons (Fsp3) is 0.409. The summed E-state index contributed by atoms with van der Waals surface area (Å²) in [7, 11) is 4.96. The SMILES string of the molecule is CCNC(=NCc1ccc(OC)cc1OC)Nc1cccc(OCCCOC)c1. The number of benzene rings is 2. The normalized spacial score (nSPS) is 11.1. The first-order valence-electron chi connectivity index (χ1n) is 9.68. The van der Waals surface area contributed by atoms with Crippen LogP contribution >= 0.6 is 0 Å². The van der Waals surface area contributed by atoms with Crippen LogP contribution in [0.25, 0.3) is 0 Å². The molecule has 2 aromatic carbocycles. The van der Waals surface area contributed by atoms with Crippen molar-refractivity contribution in [2.75, 3.05) is 46.4 Å². The van der Waals surface area contributed by atoms with Gasteiger partial charge in [0.25, 0.3) is 0 Å². The molecule has 0 fully saturated rings. The van der Waals surface area contributed by atoms with E-state index in [-0.39, 0.29) is 0 Å². The van der Waals surface area contributed by atoms with Crippen LogP contribution in [0, 0.1) is 0 Å². The van der Waals surface area contributed by atoms with Gasteiger partial charge in [-0.05, 0) is 31.2 Å². The Morgan fingerprint density at radius 2 is 1.83 bits per heavy atom. The Hall–Kier alpha value is -2.93. The maximum absolute atomic E-state index is 5.76. The second kappa shape index (κ2) is 12.5. The maximum Gasteiger partial charge on any atom is 0.196 e. The third kappa shape index (κ3) is 7.54. The van der Waals surface area contributed by atoms with E-state index in [0.717, 1.165) is 41.5 Å². The van der Waals surface area contributed by atoms with Crippen molar-refractivity contribution in [3.05, 3.63) is 48.0 Å². The Morgan fingerprint density at radius 1 is 0.966 bits per heavy atom. The van der Waals surface area contributed by atoms with E-state index < -0.39 is 0 Å². The van der Waals surface area contributed by atoms with Crippen LogP contribution in [0.5, 0.6) is 17.2 Å². The number of aliphatic imine (C=N–C) groups is 1. The molecule has 0 bridgehead atoms. The van der Waals surface area contributed by atoms with Crippen molar-refractivity contribution in [2.45, 2.75) is 19.9 Å². The molecular formula is C22H31N3O4. The van der Waals surface area contributed by atoms with E-state index in [1.807, 2.05) is 49.4 Å². The predicted molar refractivity (Wildman–Crippen MR) is 116 cm³/mol. The molecule has 0 atom stereocenters.